The van der Waals surface area contributed by atoms with Gasteiger partial charge in [0, 0.05) is 17.1 Å². The number of hydrogen-bond donors (Lipinski definition) is 1. The van der Waals surface area contributed by atoms with Crippen molar-refractivity contribution in [2.24, 2.45) is 0 Å². The summed E-state index contributed by atoms with van der Waals surface area (Å²) in [4.78, 5) is 0. The Morgan fingerprint density at radius 1 is 1.39 bits per heavy atom. The molecule has 1 rings (SSSR count). The zero-order valence-electron chi connectivity index (χ0n) is 11.2. The van der Waals surface area contributed by atoms with Crippen molar-refractivity contribution in [2.45, 2.75) is 45.8 Å². The predicted molar refractivity (Wildman–Crippen MR) is 76.6 cm³/mol. The number of ether oxygens (including phenoxy) is 1. The molecular weight excluding hydrogens is 297 g/mol. The maximum atomic E-state index is 13.7. The third-order valence-corrected chi connectivity index (χ3v) is 3.05. The molecule has 2 nitrogen and oxygen atoms in total. The van der Waals surface area contributed by atoms with E-state index in [1.807, 2.05) is 0 Å². The van der Waals surface area contributed by atoms with Crippen LogP contribution in [0.3, 0.4) is 0 Å². The lowest BCUT2D eigenvalue weighted by molar-refractivity contribution is 0.176. The first-order valence-electron chi connectivity index (χ1n) is 6.38. The van der Waals surface area contributed by atoms with Gasteiger partial charge in [0.05, 0.1) is 0 Å². The maximum absolute atomic E-state index is 13.7. The molecule has 18 heavy (non-hydrogen) atoms. The van der Waals surface area contributed by atoms with Crippen molar-refractivity contribution >= 4 is 15.9 Å². The molecule has 1 aromatic carbocycles. The van der Waals surface area contributed by atoms with Crippen LogP contribution in [0.15, 0.2) is 22.7 Å². The molecule has 0 aliphatic heterocycles. The third-order valence-electron chi connectivity index (χ3n) is 2.55. The van der Waals surface area contributed by atoms with E-state index in [0.717, 1.165) is 23.9 Å². The Labute approximate surface area is 117 Å². The molecule has 1 atom stereocenters. The SMILES string of the molecule is CCCC(CNC(C)C)Oc1ccc(Br)cc1F. The van der Waals surface area contributed by atoms with Crippen molar-refractivity contribution < 1.29 is 9.13 Å². The molecule has 1 unspecified atom stereocenters. The van der Waals surface area contributed by atoms with E-state index >= 15 is 0 Å². The molecule has 0 aliphatic rings. The van der Waals surface area contributed by atoms with Gasteiger partial charge >= 0.3 is 0 Å². The molecule has 0 saturated carbocycles. The fourth-order valence-electron chi connectivity index (χ4n) is 1.64. The van der Waals surface area contributed by atoms with Gasteiger partial charge in [-0.15, -0.1) is 0 Å². The van der Waals surface area contributed by atoms with Gasteiger partial charge < -0.3 is 10.1 Å². The molecule has 0 aliphatic carbocycles. The van der Waals surface area contributed by atoms with Crippen molar-refractivity contribution in [3.63, 3.8) is 0 Å². The molecule has 0 spiro atoms. The monoisotopic (exact) mass is 317 g/mol. The molecule has 0 aromatic heterocycles. The highest BCUT2D eigenvalue weighted by molar-refractivity contribution is 9.10. The topological polar surface area (TPSA) is 21.3 Å². The highest BCUT2D eigenvalue weighted by atomic mass is 79.9. The lowest BCUT2D eigenvalue weighted by Gasteiger charge is -2.21. The number of halogens is 2. The average molecular weight is 318 g/mol. The minimum Gasteiger partial charge on any atom is -0.486 e. The Morgan fingerprint density at radius 2 is 2.11 bits per heavy atom. The summed E-state index contributed by atoms with van der Waals surface area (Å²) in [5.41, 5.74) is 0. The third kappa shape index (κ3) is 5.36. The minimum atomic E-state index is -0.324. The molecule has 0 heterocycles. The Balaban J connectivity index is 2.64. The largest absolute Gasteiger partial charge is 0.486 e. The molecule has 0 radical (unpaired) electrons. The normalized spacial score (nSPS) is 12.8. The van der Waals surface area contributed by atoms with Crippen LogP contribution in [0.1, 0.15) is 33.6 Å². The Bertz CT molecular complexity index is 371. The quantitative estimate of drug-likeness (QED) is 0.816. The van der Waals surface area contributed by atoms with Crippen LogP contribution < -0.4 is 10.1 Å². The summed E-state index contributed by atoms with van der Waals surface area (Å²) in [6.07, 6.45) is 1.94. The van der Waals surface area contributed by atoms with E-state index in [2.05, 4.69) is 42.0 Å². The first-order valence-corrected chi connectivity index (χ1v) is 7.17. The summed E-state index contributed by atoms with van der Waals surface area (Å²) in [7, 11) is 0. The van der Waals surface area contributed by atoms with E-state index in [-0.39, 0.29) is 11.9 Å². The average Bonchev–Trinajstić information content (AvgIpc) is 2.29. The summed E-state index contributed by atoms with van der Waals surface area (Å²) in [5, 5.41) is 3.32. The van der Waals surface area contributed by atoms with E-state index in [4.69, 9.17) is 4.74 Å². The summed E-state index contributed by atoms with van der Waals surface area (Å²) in [5.74, 6) is -0.00256. The molecule has 0 saturated heterocycles. The van der Waals surface area contributed by atoms with Crippen LogP contribution in [-0.4, -0.2) is 18.7 Å². The Hall–Kier alpha value is -0.610. The number of hydrogen-bond acceptors (Lipinski definition) is 2. The van der Waals surface area contributed by atoms with Crippen LogP contribution in [0.4, 0.5) is 4.39 Å². The van der Waals surface area contributed by atoms with Gasteiger partial charge in [-0.2, -0.15) is 0 Å². The van der Waals surface area contributed by atoms with E-state index in [1.54, 1.807) is 12.1 Å². The first-order chi connectivity index (χ1) is 8.52. The van der Waals surface area contributed by atoms with Crippen LogP contribution in [0, 0.1) is 5.82 Å². The fourth-order valence-corrected chi connectivity index (χ4v) is 1.98. The van der Waals surface area contributed by atoms with Gasteiger partial charge in [0.15, 0.2) is 11.6 Å². The zero-order valence-corrected chi connectivity index (χ0v) is 12.8. The van der Waals surface area contributed by atoms with Crippen LogP contribution in [0.2, 0.25) is 0 Å². The second-order valence-corrected chi connectivity index (χ2v) is 5.58. The van der Waals surface area contributed by atoms with E-state index in [9.17, 15) is 4.39 Å². The molecular formula is C14H21BrFNO. The van der Waals surface area contributed by atoms with Gasteiger partial charge in [0.2, 0.25) is 0 Å². The highest BCUT2D eigenvalue weighted by Gasteiger charge is 2.13. The Kier molecular flexibility index (Phi) is 6.65. The van der Waals surface area contributed by atoms with E-state index in [1.165, 1.54) is 6.07 Å². The van der Waals surface area contributed by atoms with Crippen LogP contribution >= 0.6 is 15.9 Å². The van der Waals surface area contributed by atoms with Gasteiger partial charge in [-0.25, -0.2) is 4.39 Å². The smallest absolute Gasteiger partial charge is 0.166 e. The van der Waals surface area contributed by atoms with E-state index in [0.29, 0.717) is 11.8 Å². The molecule has 0 amide bonds. The van der Waals surface area contributed by atoms with Gasteiger partial charge in [0.25, 0.3) is 0 Å². The van der Waals surface area contributed by atoms with Gasteiger partial charge in [0.1, 0.15) is 6.10 Å². The molecule has 1 aromatic rings. The first kappa shape index (κ1) is 15.4. The number of rotatable bonds is 7. The molecule has 0 bridgehead atoms. The van der Waals surface area contributed by atoms with Gasteiger partial charge in [-0.3, -0.25) is 0 Å². The summed E-state index contributed by atoms with van der Waals surface area (Å²) in [6.45, 7) is 7.01. The van der Waals surface area contributed by atoms with Gasteiger partial charge in [-0.1, -0.05) is 43.1 Å². The van der Waals surface area contributed by atoms with Crippen LogP contribution in [0.5, 0.6) is 5.75 Å². The maximum Gasteiger partial charge on any atom is 0.166 e. The second kappa shape index (κ2) is 7.74. The second-order valence-electron chi connectivity index (χ2n) is 4.67. The van der Waals surface area contributed by atoms with Gasteiger partial charge in [-0.05, 0) is 24.6 Å². The van der Waals surface area contributed by atoms with Crippen LogP contribution in [-0.2, 0) is 0 Å². The molecule has 4 heteroatoms. The summed E-state index contributed by atoms with van der Waals surface area (Å²) < 4.78 is 20.1. The summed E-state index contributed by atoms with van der Waals surface area (Å²) >= 11 is 3.24. The fraction of sp³-hybridized carbons (Fsp3) is 0.571. The van der Waals surface area contributed by atoms with Crippen molar-refractivity contribution in [3.05, 3.63) is 28.5 Å². The van der Waals surface area contributed by atoms with Crippen molar-refractivity contribution in [2.75, 3.05) is 6.54 Å². The van der Waals surface area contributed by atoms with Crippen LogP contribution in [0.25, 0.3) is 0 Å². The predicted octanol–water partition coefficient (Wildman–Crippen LogP) is 4.13. The minimum absolute atomic E-state index is 0.00748. The lowest BCUT2D eigenvalue weighted by Crippen LogP contribution is -2.35. The zero-order chi connectivity index (χ0) is 13.5. The van der Waals surface area contributed by atoms with Crippen molar-refractivity contribution in [1.29, 1.82) is 0 Å². The Morgan fingerprint density at radius 3 is 2.67 bits per heavy atom. The summed E-state index contributed by atoms with van der Waals surface area (Å²) in [6, 6.07) is 5.28. The van der Waals surface area contributed by atoms with E-state index < -0.39 is 0 Å². The molecule has 0 fully saturated rings. The van der Waals surface area contributed by atoms with Crippen molar-refractivity contribution in [1.82, 2.24) is 5.32 Å². The number of benzene rings is 1. The highest BCUT2D eigenvalue weighted by Crippen LogP contribution is 2.23. The standard InChI is InChI=1S/C14H21BrFNO/c1-4-5-12(9-17-10(2)3)18-14-7-6-11(15)8-13(14)16/h6-8,10,12,17H,4-5,9H2,1-3H3. The molecule has 1 N–H and O–H groups in total. The lowest BCUT2D eigenvalue weighted by atomic mass is 10.2. The number of nitrogens with one attached hydrogen (secondary N) is 1. The van der Waals surface area contributed by atoms with Crippen molar-refractivity contribution in [3.8, 4) is 5.75 Å². The molecule has 102 valence electrons.